The molecule has 4 nitrogen and oxygen atoms in total. The number of rotatable bonds is 2. The molecule has 1 N–H and O–H groups in total. The Labute approximate surface area is 129 Å². The molecule has 0 radical (unpaired) electrons. The van der Waals surface area contributed by atoms with Crippen LogP contribution in [0, 0.1) is 5.41 Å². The van der Waals surface area contributed by atoms with Crippen LogP contribution >= 0.6 is 0 Å². The zero-order valence-corrected chi connectivity index (χ0v) is 12.8. The second-order valence-corrected chi connectivity index (χ2v) is 5.97. The van der Waals surface area contributed by atoms with E-state index in [4.69, 9.17) is 9.47 Å². The van der Waals surface area contributed by atoms with Gasteiger partial charge in [0.15, 0.2) is 5.78 Å². The van der Waals surface area contributed by atoms with Crippen LogP contribution in [-0.4, -0.2) is 24.1 Å². The highest BCUT2D eigenvalue weighted by Gasteiger charge is 2.47. The molecule has 22 heavy (non-hydrogen) atoms. The van der Waals surface area contributed by atoms with Crippen LogP contribution in [0.3, 0.4) is 0 Å². The third-order valence-corrected chi connectivity index (χ3v) is 4.15. The molecular weight excluding hydrogens is 280 g/mol. The Morgan fingerprint density at radius 3 is 2.50 bits per heavy atom. The highest BCUT2D eigenvalue weighted by Crippen LogP contribution is 2.45. The summed E-state index contributed by atoms with van der Waals surface area (Å²) >= 11 is 0. The summed E-state index contributed by atoms with van der Waals surface area (Å²) in [5.41, 5.74) is 0.579. The van der Waals surface area contributed by atoms with E-state index >= 15 is 0 Å². The first-order valence-electron chi connectivity index (χ1n) is 7.12. The Morgan fingerprint density at radius 2 is 1.86 bits per heavy atom. The summed E-state index contributed by atoms with van der Waals surface area (Å²) in [6, 6.07) is 9.50. The number of ether oxygens (including phenoxy) is 2. The van der Waals surface area contributed by atoms with Gasteiger partial charge in [0.1, 0.15) is 23.4 Å². The highest BCUT2D eigenvalue weighted by atomic mass is 16.5. The quantitative estimate of drug-likeness (QED) is 0.909. The van der Waals surface area contributed by atoms with E-state index in [0.717, 1.165) is 5.56 Å². The molecule has 3 rings (SSSR count). The van der Waals surface area contributed by atoms with E-state index in [1.807, 2.05) is 44.2 Å². The molecule has 114 valence electrons. The van der Waals surface area contributed by atoms with Gasteiger partial charge in [-0.05, 0) is 13.8 Å². The standard InChI is InChI=1S/C18H18O4/c1-18(2)15(21-3)10-13(20)16-12(19)9-14(22-17(16)18)11-7-5-4-6-8-11/h4-10,17,19H,1-3H3. The Kier molecular flexibility index (Phi) is 3.32. The number of fused-ring (bicyclic) bond motifs is 1. The minimum Gasteiger partial charge on any atom is -0.507 e. The molecule has 2 aliphatic rings. The van der Waals surface area contributed by atoms with Crippen LogP contribution in [0.2, 0.25) is 0 Å². The molecule has 1 heterocycles. The molecule has 0 spiro atoms. The van der Waals surface area contributed by atoms with Crippen molar-refractivity contribution in [1.29, 1.82) is 0 Å². The largest absolute Gasteiger partial charge is 0.507 e. The number of carbonyl (C=O) groups is 1. The third kappa shape index (κ3) is 2.11. The van der Waals surface area contributed by atoms with E-state index in [1.54, 1.807) is 0 Å². The first-order chi connectivity index (χ1) is 10.4. The summed E-state index contributed by atoms with van der Waals surface area (Å²) in [6.45, 7) is 3.86. The molecule has 1 atom stereocenters. The van der Waals surface area contributed by atoms with Crippen LogP contribution in [0.4, 0.5) is 0 Å². The number of ketones is 1. The number of carbonyl (C=O) groups excluding carboxylic acids is 1. The lowest BCUT2D eigenvalue weighted by molar-refractivity contribution is -0.114. The van der Waals surface area contributed by atoms with Crippen LogP contribution in [0.25, 0.3) is 5.76 Å². The number of benzene rings is 1. The number of hydrogen-bond donors (Lipinski definition) is 1. The average Bonchev–Trinajstić information content (AvgIpc) is 2.51. The normalized spacial score (nSPS) is 23.2. The van der Waals surface area contributed by atoms with Crippen molar-refractivity contribution in [2.24, 2.45) is 5.41 Å². The fourth-order valence-electron chi connectivity index (χ4n) is 2.91. The molecule has 0 bridgehead atoms. The van der Waals surface area contributed by atoms with E-state index in [-0.39, 0.29) is 17.1 Å². The molecule has 0 saturated heterocycles. The Bertz CT molecular complexity index is 708. The van der Waals surface area contributed by atoms with Crippen molar-refractivity contribution in [3.05, 3.63) is 65.1 Å². The van der Waals surface area contributed by atoms with Gasteiger partial charge in [0.05, 0.1) is 18.1 Å². The lowest BCUT2D eigenvalue weighted by atomic mass is 9.73. The van der Waals surface area contributed by atoms with Gasteiger partial charge in [-0.3, -0.25) is 4.79 Å². The van der Waals surface area contributed by atoms with Gasteiger partial charge in [-0.15, -0.1) is 0 Å². The zero-order chi connectivity index (χ0) is 15.9. The lowest BCUT2D eigenvalue weighted by Gasteiger charge is -2.41. The van der Waals surface area contributed by atoms with E-state index in [2.05, 4.69) is 0 Å². The molecule has 1 aliphatic heterocycles. The van der Waals surface area contributed by atoms with Crippen LogP contribution in [0.5, 0.6) is 0 Å². The summed E-state index contributed by atoms with van der Waals surface area (Å²) in [5, 5.41) is 10.3. The molecular formula is C18H18O4. The monoisotopic (exact) mass is 298 g/mol. The average molecular weight is 298 g/mol. The number of hydrogen-bond acceptors (Lipinski definition) is 4. The first-order valence-corrected chi connectivity index (χ1v) is 7.12. The van der Waals surface area contributed by atoms with E-state index in [0.29, 0.717) is 11.5 Å². The van der Waals surface area contributed by atoms with Gasteiger partial charge in [0.25, 0.3) is 0 Å². The summed E-state index contributed by atoms with van der Waals surface area (Å²) in [7, 11) is 1.53. The Morgan fingerprint density at radius 1 is 1.18 bits per heavy atom. The predicted octanol–water partition coefficient (Wildman–Crippen LogP) is 3.38. The van der Waals surface area contributed by atoms with Gasteiger partial charge in [-0.2, -0.15) is 0 Å². The van der Waals surface area contributed by atoms with Crippen molar-refractivity contribution in [3.63, 3.8) is 0 Å². The van der Waals surface area contributed by atoms with Crippen LogP contribution in [-0.2, 0) is 14.3 Å². The van der Waals surface area contributed by atoms with Crippen LogP contribution in [0.15, 0.2) is 59.6 Å². The minimum atomic E-state index is -0.583. The third-order valence-electron chi connectivity index (χ3n) is 4.15. The number of methoxy groups -OCH3 is 1. The first kappa shape index (κ1) is 14.4. The second kappa shape index (κ2) is 5.05. The van der Waals surface area contributed by atoms with E-state index in [1.165, 1.54) is 19.3 Å². The van der Waals surface area contributed by atoms with Crippen molar-refractivity contribution < 1.29 is 19.4 Å². The maximum Gasteiger partial charge on any atom is 0.192 e. The summed E-state index contributed by atoms with van der Waals surface area (Å²) < 4.78 is 11.4. The second-order valence-electron chi connectivity index (χ2n) is 5.97. The Balaban J connectivity index is 2.10. The highest BCUT2D eigenvalue weighted by molar-refractivity contribution is 6.07. The number of aliphatic hydroxyl groups excluding tert-OH is 1. The molecule has 1 aliphatic carbocycles. The lowest BCUT2D eigenvalue weighted by Crippen LogP contribution is -2.43. The smallest absolute Gasteiger partial charge is 0.192 e. The molecule has 1 aromatic rings. The molecule has 0 fully saturated rings. The molecule has 1 aromatic carbocycles. The minimum absolute atomic E-state index is 0.0421. The fraction of sp³-hybridized carbons (Fsp3) is 0.278. The molecule has 0 amide bonds. The van der Waals surface area contributed by atoms with Gasteiger partial charge in [0, 0.05) is 17.7 Å². The van der Waals surface area contributed by atoms with Crippen molar-refractivity contribution in [1.82, 2.24) is 0 Å². The fourth-order valence-corrected chi connectivity index (χ4v) is 2.91. The van der Waals surface area contributed by atoms with E-state index < -0.39 is 11.5 Å². The molecule has 0 saturated carbocycles. The van der Waals surface area contributed by atoms with Gasteiger partial charge in [-0.1, -0.05) is 30.3 Å². The van der Waals surface area contributed by atoms with Gasteiger partial charge in [0.2, 0.25) is 0 Å². The zero-order valence-electron chi connectivity index (χ0n) is 12.8. The van der Waals surface area contributed by atoms with Gasteiger partial charge < -0.3 is 14.6 Å². The van der Waals surface area contributed by atoms with Crippen LogP contribution in [0.1, 0.15) is 19.4 Å². The van der Waals surface area contributed by atoms with E-state index in [9.17, 15) is 9.90 Å². The van der Waals surface area contributed by atoms with Crippen molar-refractivity contribution >= 4 is 11.5 Å². The van der Waals surface area contributed by atoms with Crippen LogP contribution < -0.4 is 0 Å². The van der Waals surface area contributed by atoms with Gasteiger partial charge >= 0.3 is 0 Å². The summed E-state index contributed by atoms with van der Waals surface area (Å²) in [6.07, 6.45) is 2.34. The topological polar surface area (TPSA) is 55.8 Å². The number of aliphatic hydroxyl groups is 1. The number of allylic oxidation sites excluding steroid dienone is 2. The molecule has 1 unspecified atom stereocenters. The van der Waals surface area contributed by atoms with Crippen molar-refractivity contribution in [3.8, 4) is 0 Å². The Hall–Kier alpha value is -2.49. The van der Waals surface area contributed by atoms with Crippen molar-refractivity contribution in [2.75, 3.05) is 7.11 Å². The maximum atomic E-state index is 12.3. The summed E-state index contributed by atoms with van der Waals surface area (Å²) in [4.78, 5) is 12.3. The predicted molar refractivity (Wildman–Crippen MR) is 82.8 cm³/mol. The summed E-state index contributed by atoms with van der Waals surface area (Å²) in [5.74, 6) is 0.778. The molecule has 4 heteroatoms. The molecule has 0 aromatic heterocycles. The maximum absolute atomic E-state index is 12.3. The van der Waals surface area contributed by atoms with Crippen molar-refractivity contribution in [2.45, 2.75) is 20.0 Å². The SMILES string of the molecule is COC1=CC(=O)C2=C(O)C=C(c3ccccc3)OC2C1(C)C. The van der Waals surface area contributed by atoms with Gasteiger partial charge in [-0.25, -0.2) is 0 Å².